The van der Waals surface area contributed by atoms with Gasteiger partial charge in [0.25, 0.3) is 11.6 Å². The third kappa shape index (κ3) is 3.72. The molecule has 0 saturated heterocycles. The van der Waals surface area contributed by atoms with Crippen LogP contribution in [-0.4, -0.2) is 23.5 Å². The van der Waals surface area contributed by atoms with Gasteiger partial charge in [0.2, 0.25) is 0 Å². The number of benzene rings is 2. The van der Waals surface area contributed by atoms with E-state index in [0.29, 0.717) is 29.0 Å². The molecule has 7 heteroatoms. The highest BCUT2D eigenvalue weighted by Gasteiger charge is 2.35. The first kappa shape index (κ1) is 18.7. The number of carbonyl (C=O) groups is 1. The van der Waals surface area contributed by atoms with E-state index in [-0.39, 0.29) is 17.6 Å². The number of methoxy groups -OCH3 is 1. The number of amides is 1. The van der Waals surface area contributed by atoms with E-state index in [4.69, 9.17) is 9.47 Å². The van der Waals surface area contributed by atoms with Gasteiger partial charge in [-0.3, -0.25) is 14.9 Å². The van der Waals surface area contributed by atoms with Crippen molar-refractivity contribution in [2.24, 2.45) is 0 Å². The van der Waals surface area contributed by atoms with Crippen molar-refractivity contribution in [2.45, 2.75) is 38.8 Å². The number of hydrogen-bond acceptors (Lipinski definition) is 5. The highest BCUT2D eigenvalue weighted by Crippen LogP contribution is 2.41. The normalized spacial score (nSPS) is 17.4. The van der Waals surface area contributed by atoms with Gasteiger partial charge in [0, 0.05) is 35.2 Å². The van der Waals surface area contributed by atoms with Crippen LogP contribution in [0.3, 0.4) is 0 Å². The average molecular weight is 370 g/mol. The molecule has 0 radical (unpaired) electrons. The summed E-state index contributed by atoms with van der Waals surface area (Å²) in [6.07, 6.45) is 0.575. The van der Waals surface area contributed by atoms with Crippen LogP contribution in [-0.2, 0) is 0 Å². The zero-order valence-electron chi connectivity index (χ0n) is 15.7. The maximum atomic E-state index is 12.9. The fourth-order valence-corrected chi connectivity index (χ4v) is 3.39. The van der Waals surface area contributed by atoms with Crippen LogP contribution in [0.4, 0.5) is 5.69 Å². The predicted octanol–water partition coefficient (Wildman–Crippen LogP) is 3.94. The maximum absolute atomic E-state index is 12.9. The quantitative estimate of drug-likeness (QED) is 0.650. The molecule has 0 saturated carbocycles. The Bertz CT molecular complexity index is 907. The zero-order chi connectivity index (χ0) is 19.8. The largest absolute Gasteiger partial charge is 0.497 e. The molecule has 7 nitrogen and oxygen atoms in total. The highest BCUT2D eigenvalue weighted by molar-refractivity contribution is 5.96. The molecule has 1 N–H and O–H groups in total. The van der Waals surface area contributed by atoms with E-state index in [1.54, 1.807) is 26.2 Å². The first-order valence-corrected chi connectivity index (χ1v) is 8.63. The molecule has 0 aliphatic carbocycles. The van der Waals surface area contributed by atoms with Crippen molar-refractivity contribution in [3.8, 4) is 11.5 Å². The summed E-state index contributed by atoms with van der Waals surface area (Å²) in [6, 6.07) is 9.72. The maximum Gasteiger partial charge on any atom is 0.273 e. The summed E-state index contributed by atoms with van der Waals surface area (Å²) in [6.45, 7) is 5.49. The Morgan fingerprint density at radius 3 is 2.74 bits per heavy atom. The van der Waals surface area contributed by atoms with E-state index in [0.717, 1.165) is 5.56 Å². The number of carbonyl (C=O) groups excluding carboxylic acids is 1. The van der Waals surface area contributed by atoms with Gasteiger partial charge in [-0.1, -0.05) is 6.07 Å². The molecule has 2 aromatic rings. The van der Waals surface area contributed by atoms with Gasteiger partial charge in [-0.15, -0.1) is 0 Å². The number of rotatable bonds is 4. The molecule has 1 heterocycles. The average Bonchev–Trinajstić information content (AvgIpc) is 2.59. The minimum atomic E-state index is -0.481. The Kier molecular flexibility index (Phi) is 4.78. The van der Waals surface area contributed by atoms with E-state index in [2.05, 4.69) is 5.32 Å². The molecule has 2 aromatic carbocycles. The lowest BCUT2D eigenvalue weighted by molar-refractivity contribution is -0.385. The molecule has 0 fully saturated rings. The first-order chi connectivity index (χ1) is 12.7. The minimum absolute atomic E-state index is 0.0694. The third-order valence-corrected chi connectivity index (χ3v) is 4.73. The summed E-state index contributed by atoms with van der Waals surface area (Å²) >= 11 is 0. The standard InChI is InChI=1S/C20H22N2O5/c1-12-14(6-5-7-17(12)22(24)25)19(23)21-16-11-20(2,3)27-18-10-13(26-4)8-9-15(16)18/h5-10,16H,11H2,1-4H3,(H,21,23)/t16-/m1/s1. The Labute approximate surface area is 157 Å². The summed E-state index contributed by atoms with van der Waals surface area (Å²) < 4.78 is 11.3. The van der Waals surface area contributed by atoms with Crippen LogP contribution in [0.15, 0.2) is 36.4 Å². The van der Waals surface area contributed by atoms with Crippen LogP contribution in [0.5, 0.6) is 11.5 Å². The number of fused-ring (bicyclic) bond motifs is 1. The molecule has 1 amide bonds. The lowest BCUT2D eigenvalue weighted by Gasteiger charge is -2.38. The molecule has 0 bridgehead atoms. The zero-order valence-corrected chi connectivity index (χ0v) is 15.7. The van der Waals surface area contributed by atoms with E-state index >= 15 is 0 Å². The van der Waals surface area contributed by atoms with Crippen LogP contribution in [0.2, 0.25) is 0 Å². The van der Waals surface area contributed by atoms with Gasteiger partial charge in [0.05, 0.1) is 18.1 Å². The Hall–Kier alpha value is -3.09. The Morgan fingerprint density at radius 1 is 1.33 bits per heavy atom. The minimum Gasteiger partial charge on any atom is -0.497 e. The predicted molar refractivity (Wildman–Crippen MR) is 100 cm³/mol. The van der Waals surface area contributed by atoms with E-state index in [1.165, 1.54) is 12.1 Å². The van der Waals surface area contributed by atoms with Gasteiger partial charge < -0.3 is 14.8 Å². The summed E-state index contributed by atoms with van der Waals surface area (Å²) in [7, 11) is 1.58. The molecule has 142 valence electrons. The van der Waals surface area contributed by atoms with Crippen LogP contribution in [0.25, 0.3) is 0 Å². The lowest BCUT2D eigenvalue weighted by atomic mass is 9.89. The third-order valence-electron chi connectivity index (χ3n) is 4.73. The Balaban J connectivity index is 1.93. The molecule has 3 rings (SSSR count). The molecular weight excluding hydrogens is 348 g/mol. The monoisotopic (exact) mass is 370 g/mol. The molecular formula is C20H22N2O5. The molecule has 1 aliphatic heterocycles. The van der Waals surface area contributed by atoms with Crippen LogP contribution in [0, 0.1) is 17.0 Å². The fourth-order valence-electron chi connectivity index (χ4n) is 3.39. The number of nitro groups is 1. The van der Waals surface area contributed by atoms with Gasteiger partial charge in [0.15, 0.2) is 0 Å². The molecule has 1 atom stereocenters. The van der Waals surface area contributed by atoms with Gasteiger partial charge in [0.1, 0.15) is 17.1 Å². The second kappa shape index (κ2) is 6.90. The van der Waals surface area contributed by atoms with Gasteiger partial charge >= 0.3 is 0 Å². The molecule has 0 spiro atoms. The van der Waals surface area contributed by atoms with Crippen molar-refractivity contribution in [1.82, 2.24) is 5.32 Å². The smallest absolute Gasteiger partial charge is 0.273 e. The van der Waals surface area contributed by atoms with Crippen molar-refractivity contribution < 1.29 is 19.2 Å². The van der Waals surface area contributed by atoms with Crippen molar-refractivity contribution in [3.63, 3.8) is 0 Å². The van der Waals surface area contributed by atoms with E-state index in [1.807, 2.05) is 26.0 Å². The second-order valence-electron chi connectivity index (χ2n) is 7.20. The van der Waals surface area contributed by atoms with Gasteiger partial charge in [-0.25, -0.2) is 0 Å². The van der Waals surface area contributed by atoms with Crippen molar-refractivity contribution in [1.29, 1.82) is 0 Å². The van der Waals surface area contributed by atoms with Gasteiger partial charge in [-0.05, 0) is 39.0 Å². The van der Waals surface area contributed by atoms with Crippen LogP contribution < -0.4 is 14.8 Å². The number of nitro benzene ring substituents is 1. The van der Waals surface area contributed by atoms with Crippen molar-refractivity contribution in [2.75, 3.05) is 7.11 Å². The second-order valence-corrected chi connectivity index (χ2v) is 7.20. The Morgan fingerprint density at radius 2 is 2.07 bits per heavy atom. The molecule has 1 aliphatic rings. The fraction of sp³-hybridized carbons (Fsp3) is 0.350. The SMILES string of the molecule is COc1ccc2c(c1)OC(C)(C)C[C@H]2NC(=O)c1cccc([N+](=O)[O-])c1C. The number of hydrogen-bond donors (Lipinski definition) is 1. The topological polar surface area (TPSA) is 90.7 Å². The summed E-state index contributed by atoms with van der Waals surface area (Å²) in [5.74, 6) is 0.985. The first-order valence-electron chi connectivity index (χ1n) is 8.63. The van der Waals surface area contributed by atoms with Crippen LogP contribution >= 0.6 is 0 Å². The van der Waals surface area contributed by atoms with E-state index < -0.39 is 10.5 Å². The summed E-state index contributed by atoms with van der Waals surface area (Å²) in [4.78, 5) is 23.5. The van der Waals surface area contributed by atoms with Crippen LogP contribution in [0.1, 0.15) is 47.8 Å². The van der Waals surface area contributed by atoms with E-state index in [9.17, 15) is 14.9 Å². The molecule has 0 unspecified atom stereocenters. The lowest BCUT2D eigenvalue weighted by Crippen LogP contribution is -2.41. The summed E-state index contributed by atoms with van der Waals surface area (Å²) in [5.41, 5.74) is 0.950. The molecule has 27 heavy (non-hydrogen) atoms. The number of nitrogens with one attached hydrogen (secondary N) is 1. The molecule has 0 aromatic heterocycles. The number of ether oxygens (including phenoxy) is 2. The number of nitrogens with zero attached hydrogens (tertiary/aromatic N) is 1. The van der Waals surface area contributed by atoms with Crippen molar-refractivity contribution >= 4 is 11.6 Å². The summed E-state index contributed by atoms with van der Waals surface area (Å²) in [5, 5.41) is 14.2. The van der Waals surface area contributed by atoms with Gasteiger partial charge in [-0.2, -0.15) is 0 Å². The van der Waals surface area contributed by atoms with Crippen molar-refractivity contribution in [3.05, 3.63) is 63.2 Å². The highest BCUT2D eigenvalue weighted by atomic mass is 16.6.